The molecule has 0 saturated carbocycles. The van der Waals surface area contributed by atoms with E-state index in [2.05, 4.69) is 15.2 Å². The summed E-state index contributed by atoms with van der Waals surface area (Å²) in [6.45, 7) is 2.63. The number of aryl methyl sites for hydroxylation is 3. The molecule has 4 aromatic heterocycles. The molecular formula is C23H22N6O2S. The Balaban J connectivity index is 1.55. The smallest absolute Gasteiger partial charge is 0.262 e. The SMILES string of the molecule is CCn1c(=O)c2ccccc2n2c(Cn3cnc4sc5c(c4c3=O)CCCCC5)nnc12. The third-order valence-electron chi connectivity index (χ3n) is 6.39. The highest BCUT2D eigenvalue weighted by molar-refractivity contribution is 7.18. The number of nitrogens with zero attached hydrogens (tertiary/aromatic N) is 6. The fraction of sp³-hybridized carbons (Fsp3) is 0.348. The van der Waals surface area contributed by atoms with Gasteiger partial charge in [-0.3, -0.25) is 23.1 Å². The number of thiophene rings is 1. The summed E-state index contributed by atoms with van der Waals surface area (Å²) in [5.41, 5.74) is 1.81. The van der Waals surface area contributed by atoms with Crippen LogP contribution in [0.1, 0.15) is 42.5 Å². The van der Waals surface area contributed by atoms with Gasteiger partial charge in [-0.05, 0) is 50.3 Å². The highest BCUT2D eigenvalue weighted by atomic mass is 32.1. The summed E-state index contributed by atoms with van der Waals surface area (Å²) in [6, 6.07) is 7.44. The summed E-state index contributed by atoms with van der Waals surface area (Å²) in [7, 11) is 0. The van der Waals surface area contributed by atoms with Gasteiger partial charge in [-0.15, -0.1) is 21.5 Å². The average molecular weight is 447 g/mol. The van der Waals surface area contributed by atoms with Gasteiger partial charge in [0.1, 0.15) is 4.83 Å². The summed E-state index contributed by atoms with van der Waals surface area (Å²) in [5.74, 6) is 1.08. The van der Waals surface area contributed by atoms with Gasteiger partial charge in [0, 0.05) is 11.4 Å². The lowest BCUT2D eigenvalue weighted by molar-refractivity contribution is 0.695. The molecule has 1 aliphatic rings. The molecular weight excluding hydrogens is 424 g/mol. The van der Waals surface area contributed by atoms with Gasteiger partial charge in [-0.1, -0.05) is 18.6 Å². The summed E-state index contributed by atoms with van der Waals surface area (Å²) < 4.78 is 5.11. The first-order chi connectivity index (χ1) is 15.7. The lowest BCUT2D eigenvalue weighted by Crippen LogP contribution is -2.24. The van der Waals surface area contributed by atoms with E-state index in [-0.39, 0.29) is 17.7 Å². The number of fused-ring (bicyclic) bond motifs is 6. The number of hydrogen-bond acceptors (Lipinski definition) is 6. The molecule has 0 fully saturated rings. The zero-order valence-corrected chi connectivity index (χ0v) is 18.6. The molecule has 32 heavy (non-hydrogen) atoms. The number of rotatable bonds is 3. The van der Waals surface area contributed by atoms with Crippen molar-refractivity contribution in [1.29, 1.82) is 0 Å². The van der Waals surface area contributed by atoms with Crippen LogP contribution in [0, 0.1) is 0 Å². The number of aromatic nitrogens is 6. The molecule has 0 amide bonds. The van der Waals surface area contributed by atoms with E-state index < -0.39 is 0 Å². The van der Waals surface area contributed by atoms with E-state index >= 15 is 0 Å². The summed E-state index contributed by atoms with van der Waals surface area (Å²) in [5, 5.41) is 10.0. The minimum absolute atomic E-state index is 0.0285. The van der Waals surface area contributed by atoms with Crippen LogP contribution < -0.4 is 11.1 Å². The minimum atomic E-state index is -0.0873. The number of para-hydroxylation sites is 1. The normalized spacial score (nSPS) is 14.3. The van der Waals surface area contributed by atoms with Crippen molar-refractivity contribution in [3.63, 3.8) is 0 Å². The first-order valence-electron chi connectivity index (χ1n) is 11.0. The molecule has 1 aromatic carbocycles. The first-order valence-corrected chi connectivity index (χ1v) is 11.8. The van der Waals surface area contributed by atoms with Crippen molar-refractivity contribution >= 4 is 38.2 Å². The Morgan fingerprint density at radius 2 is 1.88 bits per heavy atom. The van der Waals surface area contributed by atoms with Gasteiger partial charge < -0.3 is 0 Å². The second kappa shape index (κ2) is 7.37. The standard InChI is InChI=1S/C23H22N6O2S/c1-2-28-21(30)14-8-6-7-10-16(14)29-18(25-26-23(28)29)12-27-13-24-20-19(22(27)31)15-9-4-3-5-11-17(15)32-20/h6-8,10,13H,2-5,9,11-12H2,1H3. The van der Waals surface area contributed by atoms with E-state index in [1.54, 1.807) is 26.8 Å². The van der Waals surface area contributed by atoms with E-state index in [0.717, 1.165) is 35.0 Å². The highest BCUT2D eigenvalue weighted by Crippen LogP contribution is 2.32. The fourth-order valence-corrected chi connectivity index (χ4v) is 6.04. The Labute approximate surface area is 186 Å². The molecule has 4 heterocycles. The van der Waals surface area contributed by atoms with Crippen molar-refractivity contribution in [1.82, 2.24) is 28.7 Å². The highest BCUT2D eigenvalue weighted by Gasteiger charge is 2.21. The van der Waals surface area contributed by atoms with Crippen molar-refractivity contribution in [2.45, 2.75) is 52.1 Å². The van der Waals surface area contributed by atoms with Gasteiger partial charge in [-0.25, -0.2) is 4.98 Å². The third kappa shape index (κ3) is 2.77. The van der Waals surface area contributed by atoms with Crippen LogP contribution in [0.25, 0.3) is 26.9 Å². The predicted molar refractivity (Wildman–Crippen MR) is 125 cm³/mol. The van der Waals surface area contributed by atoms with Gasteiger partial charge in [0.25, 0.3) is 11.1 Å². The molecule has 0 radical (unpaired) electrons. The van der Waals surface area contributed by atoms with Gasteiger partial charge in [0.15, 0.2) is 5.82 Å². The maximum Gasteiger partial charge on any atom is 0.262 e. The van der Waals surface area contributed by atoms with Crippen LogP contribution in [-0.2, 0) is 25.9 Å². The molecule has 0 unspecified atom stereocenters. The zero-order chi connectivity index (χ0) is 21.8. The zero-order valence-electron chi connectivity index (χ0n) is 17.7. The second-order valence-corrected chi connectivity index (χ2v) is 9.32. The molecule has 0 atom stereocenters. The van der Waals surface area contributed by atoms with Gasteiger partial charge in [0.2, 0.25) is 5.78 Å². The van der Waals surface area contributed by atoms with Gasteiger partial charge >= 0.3 is 0 Å². The van der Waals surface area contributed by atoms with E-state index in [4.69, 9.17) is 0 Å². The molecule has 0 bridgehead atoms. The minimum Gasteiger partial charge on any atom is -0.291 e. The lowest BCUT2D eigenvalue weighted by atomic mass is 10.1. The van der Waals surface area contributed by atoms with Crippen LogP contribution in [0.15, 0.2) is 40.2 Å². The lowest BCUT2D eigenvalue weighted by Gasteiger charge is -2.10. The maximum atomic E-state index is 13.5. The van der Waals surface area contributed by atoms with Crippen molar-refractivity contribution in [2.75, 3.05) is 0 Å². The molecule has 6 rings (SSSR count). The summed E-state index contributed by atoms with van der Waals surface area (Å²) in [4.78, 5) is 33.1. The molecule has 0 saturated heterocycles. The molecule has 0 spiro atoms. The molecule has 9 heteroatoms. The van der Waals surface area contributed by atoms with Crippen LogP contribution in [0.2, 0.25) is 0 Å². The molecule has 162 valence electrons. The van der Waals surface area contributed by atoms with Crippen molar-refractivity contribution in [3.8, 4) is 0 Å². The van der Waals surface area contributed by atoms with Gasteiger partial charge in [-0.2, -0.15) is 0 Å². The topological polar surface area (TPSA) is 87.1 Å². The Kier molecular flexibility index (Phi) is 4.46. The Bertz CT molecular complexity index is 1620. The van der Waals surface area contributed by atoms with Gasteiger partial charge in [0.05, 0.1) is 29.2 Å². The van der Waals surface area contributed by atoms with Crippen LogP contribution in [0.5, 0.6) is 0 Å². The average Bonchev–Trinajstić information content (AvgIpc) is 3.30. The van der Waals surface area contributed by atoms with Crippen LogP contribution >= 0.6 is 11.3 Å². The second-order valence-electron chi connectivity index (χ2n) is 8.24. The van der Waals surface area contributed by atoms with Crippen LogP contribution in [0.3, 0.4) is 0 Å². The first kappa shape index (κ1) is 19.4. The quantitative estimate of drug-likeness (QED) is 0.397. The number of benzene rings is 1. The molecule has 1 aliphatic carbocycles. The maximum absolute atomic E-state index is 13.5. The Morgan fingerprint density at radius 3 is 2.75 bits per heavy atom. The number of hydrogen-bond donors (Lipinski definition) is 0. The summed E-state index contributed by atoms with van der Waals surface area (Å²) >= 11 is 1.66. The van der Waals surface area contributed by atoms with Crippen molar-refractivity contribution in [2.24, 2.45) is 0 Å². The van der Waals surface area contributed by atoms with E-state index in [1.165, 1.54) is 23.3 Å². The largest absolute Gasteiger partial charge is 0.291 e. The van der Waals surface area contributed by atoms with E-state index in [0.29, 0.717) is 23.5 Å². The van der Waals surface area contributed by atoms with Crippen LogP contribution in [0.4, 0.5) is 0 Å². The Morgan fingerprint density at radius 1 is 1.03 bits per heavy atom. The molecule has 0 aliphatic heterocycles. The van der Waals surface area contributed by atoms with E-state index in [1.807, 2.05) is 35.6 Å². The fourth-order valence-electron chi connectivity index (χ4n) is 4.82. The molecule has 8 nitrogen and oxygen atoms in total. The van der Waals surface area contributed by atoms with Crippen LogP contribution in [-0.4, -0.2) is 28.7 Å². The predicted octanol–water partition coefficient (Wildman–Crippen LogP) is 3.15. The molecule has 5 aromatic rings. The van der Waals surface area contributed by atoms with Crippen molar-refractivity contribution < 1.29 is 0 Å². The monoisotopic (exact) mass is 446 g/mol. The third-order valence-corrected chi connectivity index (χ3v) is 7.59. The molecule has 0 N–H and O–H groups in total. The van der Waals surface area contributed by atoms with Crippen molar-refractivity contribution in [3.05, 3.63) is 67.6 Å². The van der Waals surface area contributed by atoms with E-state index in [9.17, 15) is 9.59 Å². The summed E-state index contributed by atoms with van der Waals surface area (Å²) in [6.07, 6.45) is 7.08. The Hall–Kier alpha value is -3.33.